The van der Waals surface area contributed by atoms with Crippen LogP contribution in [0.5, 0.6) is 0 Å². The molecular weight excluding hydrogens is 566 g/mol. The fraction of sp³-hybridized carbons (Fsp3) is 0.231. The number of hydrogen-bond acceptors (Lipinski definition) is 1. The Hall–Kier alpha value is -0.140. The van der Waals surface area contributed by atoms with Gasteiger partial charge in [-0.15, -0.1) is 24.8 Å². The molecule has 5 rings (SSSR count). The Morgan fingerprint density at radius 2 is 1.72 bits per heavy atom. The van der Waals surface area contributed by atoms with Crippen LogP contribution in [0.3, 0.4) is 0 Å². The van der Waals surface area contributed by atoms with Crippen molar-refractivity contribution in [2.24, 2.45) is 0 Å². The van der Waals surface area contributed by atoms with Gasteiger partial charge in [-0.25, -0.2) is 0 Å². The van der Waals surface area contributed by atoms with E-state index < -0.39 is 17.4 Å². The van der Waals surface area contributed by atoms with Crippen molar-refractivity contribution in [1.29, 1.82) is 0 Å². The van der Waals surface area contributed by atoms with Crippen molar-refractivity contribution >= 4 is 56.7 Å². The third-order valence-electron chi connectivity index (χ3n) is 6.94. The monoisotopic (exact) mass is 594 g/mol. The van der Waals surface area contributed by atoms with E-state index in [1.54, 1.807) is 23.0 Å². The number of fused-ring (bicyclic) bond motifs is 2. The summed E-state index contributed by atoms with van der Waals surface area (Å²) in [5, 5.41) is 3.14. The van der Waals surface area contributed by atoms with Gasteiger partial charge in [0.2, 0.25) is 0 Å². The minimum Gasteiger partial charge on any atom is -0.147 e. The molecule has 0 amide bonds. The first-order valence-corrected chi connectivity index (χ1v) is 26.6. The normalized spacial score (nSPS) is 23.8. The SMILES string of the molecule is CSC1=C2C(=CC=[C]2[Zr]([CH3])([CH3])(=[SiH2])[C]2=C(C)C=C3C2=CC(C)P3c2ccccc2)C=C1.Cl.Cl. The molecule has 32 heavy (non-hydrogen) atoms. The number of halogens is 2. The summed E-state index contributed by atoms with van der Waals surface area (Å²) in [4.78, 5) is 1.45. The minimum absolute atomic E-state index is 0. The quantitative estimate of drug-likeness (QED) is 0.257. The van der Waals surface area contributed by atoms with Crippen LogP contribution in [-0.2, 0) is 17.4 Å². The molecule has 6 heteroatoms. The molecule has 0 spiro atoms. The van der Waals surface area contributed by atoms with Crippen LogP contribution >= 0.6 is 44.5 Å². The summed E-state index contributed by atoms with van der Waals surface area (Å²) in [7, 11) is -0.297. The summed E-state index contributed by atoms with van der Waals surface area (Å²) in [6, 6.07) is 11.2. The third-order valence-corrected chi connectivity index (χ3v) is 25.6. The van der Waals surface area contributed by atoms with E-state index >= 15 is 0 Å². The molecule has 1 aliphatic heterocycles. The van der Waals surface area contributed by atoms with Crippen molar-refractivity contribution in [3.05, 3.63) is 106 Å². The van der Waals surface area contributed by atoms with Gasteiger partial charge in [-0.05, 0) is 0 Å². The van der Waals surface area contributed by atoms with Crippen LogP contribution in [0.4, 0.5) is 0 Å². The van der Waals surface area contributed by atoms with Gasteiger partial charge in [0.05, 0.1) is 0 Å². The van der Waals surface area contributed by atoms with Gasteiger partial charge in [-0.2, -0.15) is 0 Å². The molecule has 2 unspecified atom stereocenters. The first-order valence-electron chi connectivity index (χ1n) is 10.7. The zero-order chi connectivity index (χ0) is 21.3. The first kappa shape index (κ1) is 26.5. The summed E-state index contributed by atoms with van der Waals surface area (Å²) in [6.07, 6.45) is 16.8. The molecule has 1 heterocycles. The van der Waals surface area contributed by atoms with Crippen molar-refractivity contribution in [3.63, 3.8) is 0 Å². The van der Waals surface area contributed by atoms with Crippen molar-refractivity contribution in [2.75, 3.05) is 6.26 Å². The Labute approximate surface area is 213 Å². The van der Waals surface area contributed by atoms with Crippen molar-refractivity contribution < 1.29 is 17.4 Å². The van der Waals surface area contributed by atoms with Gasteiger partial charge < -0.3 is 0 Å². The largest absolute Gasteiger partial charge is 0.147 e. The molecule has 0 bridgehead atoms. The van der Waals surface area contributed by atoms with E-state index in [1.807, 2.05) is 11.8 Å². The summed E-state index contributed by atoms with van der Waals surface area (Å²) in [6.45, 7) is 7.17. The minimum atomic E-state index is -3.40. The molecule has 1 aromatic carbocycles. The topological polar surface area (TPSA) is 0 Å². The second-order valence-electron chi connectivity index (χ2n) is 9.78. The van der Waals surface area contributed by atoms with E-state index in [0.29, 0.717) is 5.66 Å². The van der Waals surface area contributed by atoms with Crippen molar-refractivity contribution in [1.82, 2.24) is 0 Å². The standard InChI is InChI=1S/C15H14P.C9H7S.2CH3.2ClH.H2Si.Zr/c1-11-8-13-10-12(2)16(15(13)9-11)14-6-4-3-5-7-14;1-10-9-6-5-7-3-2-4-8(7)9;;;;;;/h3-7,9-10,12H,1-2H3;2-3,5-6H,1H3;2*1H3;2*1H;1H2;. The van der Waals surface area contributed by atoms with E-state index in [1.165, 1.54) is 21.4 Å². The van der Waals surface area contributed by atoms with Gasteiger partial charge in [0.1, 0.15) is 0 Å². The van der Waals surface area contributed by atoms with E-state index in [9.17, 15) is 0 Å². The first-order chi connectivity index (χ1) is 14.2. The van der Waals surface area contributed by atoms with Gasteiger partial charge in [0.25, 0.3) is 0 Å². The number of benzene rings is 1. The molecule has 168 valence electrons. The number of rotatable bonds is 4. The molecule has 0 N–H and O–H groups in total. The average Bonchev–Trinajstić information content (AvgIpc) is 3.41. The molecule has 4 aliphatic rings. The van der Waals surface area contributed by atoms with Crippen LogP contribution in [0.2, 0.25) is 9.26 Å². The molecular formula is C26H31Cl2PSSiZr. The number of allylic oxidation sites excluding steroid dienone is 13. The Morgan fingerprint density at radius 1 is 1.03 bits per heavy atom. The zero-order valence-electron chi connectivity index (χ0n) is 19.3. The van der Waals surface area contributed by atoms with Crippen LogP contribution in [0.15, 0.2) is 106 Å². The Morgan fingerprint density at radius 3 is 2.38 bits per heavy atom. The molecule has 0 radical (unpaired) electrons. The van der Waals surface area contributed by atoms with Gasteiger partial charge in [-0.3, -0.25) is 0 Å². The summed E-state index contributed by atoms with van der Waals surface area (Å²) >= 11 is -1.51. The molecule has 3 aliphatic carbocycles. The molecule has 2 atom stereocenters. The average molecular weight is 597 g/mol. The Kier molecular flexibility index (Phi) is 7.56. The van der Waals surface area contributed by atoms with E-state index in [4.69, 9.17) is 0 Å². The maximum absolute atomic E-state index is 3.40. The van der Waals surface area contributed by atoms with Gasteiger partial charge in [0, 0.05) is 0 Å². The molecule has 0 saturated heterocycles. The summed E-state index contributed by atoms with van der Waals surface area (Å²) in [5.41, 5.74) is 6.71. The second kappa shape index (κ2) is 9.14. The second-order valence-corrected chi connectivity index (χ2v) is 41.5. The molecule has 0 nitrogen and oxygen atoms in total. The van der Waals surface area contributed by atoms with E-state index in [2.05, 4.69) is 103 Å². The fourth-order valence-electron chi connectivity index (χ4n) is 5.76. The van der Waals surface area contributed by atoms with Crippen LogP contribution in [0.1, 0.15) is 13.8 Å². The van der Waals surface area contributed by atoms with Crippen molar-refractivity contribution in [2.45, 2.75) is 28.8 Å². The van der Waals surface area contributed by atoms with E-state index in [0.717, 1.165) is 0 Å². The van der Waals surface area contributed by atoms with Gasteiger partial charge in [0.15, 0.2) is 0 Å². The zero-order valence-corrected chi connectivity index (χ0v) is 26.5. The van der Waals surface area contributed by atoms with Crippen LogP contribution in [-0.4, -0.2) is 18.8 Å². The van der Waals surface area contributed by atoms with Gasteiger partial charge >= 0.3 is 190 Å². The number of hydrogen-bond donors (Lipinski definition) is 0. The third kappa shape index (κ3) is 3.90. The van der Waals surface area contributed by atoms with Crippen molar-refractivity contribution in [3.8, 4) is 0 Å². The maximum atomic E-state index is 2.66. The van der Waals surface area contributed by atoms with Crippen LogP contribution in [0, 0.1) is 0 Å². The number of thioether (sulfide) groups is 1. The molecule has 1 aromatic rings. The Balaban J connectivity index is 0.00000144. The van der Waals surface area contributed by atoms with Crippen LogP contribution < -0.4 is 5.30 Å². The fourth-order valence-corrected chi connectivity index (χ4v) is 24.9. The smallest absolute Gasteiger partial charge is 0.147 e. The predicted molar refractivity (Wildman–Crippen MR) is 152 cm³/mol. The molecule has 0 fully saturated rings. The summed E-state index contributed by atoms with van der Waals surface area (Å²) < 4.78 is 8.73. The molecule has 0 aromatic heterocycles. The predicted octanol–water partition coefficient (Wildman–Crippen LogP) is 7.48. The summed E-state index contributed by atoms with van der Waals surface area (Å²) in [5.74, 6) is 0. The maximum Gasteiger partial charge on any atom is -0.147 e. The van der Waals surface area contributed by atoms with Crippen LogP contribution in [0.25, 0.3) is 0 Å². The van der Waals surface area contributed by atoms with E-state index in [-0.39, 0.29) is 32.7 Å². The van der Waals surface area contributed by atoms with Gasteiger partial charge in [-0.1, -0.05) is 0 Å². The Bertz CT molecular complexity index is 1270. The molecule has 0 saturated carbocycles.